The van der Waals surface area contributed by atoms with Gasteiger partial charge >= 0.3 is 0 Å². The van der Waals surface area contributed by atoms with Crippen LogP contribution in [0.2, 0.25) is 0 Å². The van der Waals surface area contributed by atoms with Gasteiger partial charge in [0.15, 0.2) is 5.65 Å². The lowest BCUT2D eigenvalue weighted by molar-refractivity contribution is 0.849. The molecule has 4 rings (SSSR count). The quantitative estimate of drug-likeness (QED) is 0.479. The van der Waals surface area contributed by atoms with Crippen LogP contribution in [0.1, 0.15) is 30.3 Å². The third-order valence-electron chi connectivity index (χ3n) is 4.95. The normalized spacial score (nSPS) is 11.1. The van der Waals surface area contributed by atoms with Crippen molar-refractivity contribution in [3.8, 4) is 11.1 Å². The van der Waals surface area contributed by atoms with Crippen LogP contribution in [0.5, 0.6) is 0 Å². The molecule has 0 aliphatic rings. The zero-order valence-electron chi connectivity index (χ0n) is 16.5. The number of nitrogens with zero attached hydrogens (tertiary/aromatic N) is 3. The lowest BCUT2D eigenvalue weighted by atomic mass is 10.1. The number of fused-ring (bicyclic) bond motifs is 1. The number of aryl methyl sites for hydroxylation is 2. The second-order valence-corrected chi connectivity index (χ2v) is 7.11. The number of benzene rings is 2. The van der Waals surface area contributed by atoms with E-state index in [1.165, 1.54) is 5.56 Å². The summed E-state index contributed by atoms with van der Waals surface area (Å²) in [6.07, 6.45) is 3.00. The summed E-state index contributed by atoms with van der Waals surface area (Å²) in [6.45, 7) is 5.10. The molecule has 28 heavy (non-hydrogen) atoms. The molecule has 0 unspecified atom stereocenters. The highest BCUT2D eigenvalue weighted by Gasteiger charge is 2.16. The van der Waals surface area contributed by atoms with E-state index in [2.05, 4.69) is 79.8 Å². The Morgan fingerprint density at radius 1 is 0.929 bits per heavy atom. The average Bonchev–Trinajstić information content (AvgIpc) is 3.06. The fourth-order valence-corrected chi connectivity index (χ4v) is 3.61. The zero-order valence-corrected chi connectivity index (χ0v) is 16.5. The molecule has 0 saturated carbocycles. The molecule has 0 spiro atoms. The van der Waals surface area contributed by atoms with Gasteiger partial charge in [0, 0.05) is 23.9 Å². The highest BCUT2D eigenvalue weighted by atomic mass is 15.3. The van der Waals surface area contributed by atoms with Gasteiger partial charge in [-0.15, -0.1) is 0 Å². The first-order chi connectivity index (χ1) is 13.8. The second-order valence-electron chi connectivity index (χ2n) is 7.11. The van der Waals surface area contributed by atoms with Gasteiger partial charge in [0.1, 0.15) is 5.82 Å². The highest BCUT2D eigenvalue weighted by molar-refractivity contribution is 5.80. The molecule has 0 atom stereocenters. The molecule has 4 aromatic rings. The fourth-order valence-electron chi connectivity index (χ4n) is 3.61. The standard InChI is InChI=1S/C24H26N4/c1-3-10-21-17-22(25-16-15-19-11-6-4-7-12-19)28-24(26-21)23(18(2)27-28)20-13-8-5-9-14-20/h4-9,11-14,17,25H,3,10,15-16H2,1-2H3. The summed E-state index contributed by atoms with van der Waals surface area (Å²) in [7, 11) is 0. The molecule has 2 aromatic carbocycles. The lowest BCUT2D eigenvalue weighted by Crippen LogP contribution is -2.10. The van der Waals surface area contributed by atoms with Crippen molar-refractivity contribution in [2.45, 2.75) is 33.1 Å². The van der Waals surface area contributed by atoms with Gasteiger partial charge in [0.05, 0.1) is 5.69 Å². The Morgan fingerprint density at radius 3 is 2.36 bits per heavy atom. The van der Waals surface area contributed by atoms with E-state index >= 15 is 0 Å². The Morgan fingerprint density at radius 2 is 1.64 bits per heavy atom. The van der Waals surface area contributed by atoms with Crippen molar-refractivity contribution in [2.75, 3.05) is 11.9 Å². The third-order valence-corrected chi connectivity index (χ3v) is 4.95. The number of hydrogen-bond donors (Lipinski definition) is 1. The maximum absolute atomic E-state index is 4.95. The van der Waals surface area contributed by atoms with Crippen LogP contribution in [-0.2, 0) is 12.8 Å². The van der Waals surface area contributed by atoms with E-state index in [9.17, 15) is 0 Å². The summed E-state index contributed by atoms with van der Waals surface area (Å²) in [5.74, 6) is 1.01. The van der Waals surface area contributed by atoms with Crippen LogP contribution in [-0.4, -0.2) is 21.1 Å². The van der Waals surface area contributed by atoms with E-state index in [4.69, 9.17) is 10.1 Å². The van der Waals surface area contributed by atoms with Gasteiger partial charge in [-0.3, -0.25) is 0 Å². The van der Waals surface area contributed by atoms with Crippen LogP contribution >= 0.6 is 0 Å². The van der Waals surface area contributed by atoms with Crippen molar-refractivity contribution >= 4 is 11.5 Å². The summed E-state index contributed by atoms with van der Waals surface area (Å²) < 4.78 is 1.96. The molecule has 0 bridgehead atoms. The Kier molecular flexibility index (Phi) is 5.38. The summed E-state index contributed by atoms with van der Waals surface area (Å²) in [6, 6.07) is 23.1. The van der Waals surface area contributed by atoms with E-state index in [1.54, 1.807) is 0 Å². The Bertz CT molecular complexity index is 1050. The third kappa shape index (κ3) is 3.77. The Hall–Kier alpha value is -3.14. The van der Waals surface area contributed by atoms with Gasteiger partial charge in [0.25, 0.3) is 0 Å². The summed E-state index contributed by atoms with van der Waals surface area (Å²) in [5, 5.41) is 8.40. The molecule has 2 aromatic heterocycles. The van der Waals surface area contributed by atoms with E-state index in [1.807, 2.05) is 10.6 Å². The van der Waals surface area contributed by atoms with Crippen LogP contribution in [0.15, 0.2) is 66.7 Å². The minimum atomic E-state index is 0.855. The number of rotatable bonds is 7. The van der Waals surface area contributed by atoms with E-state index in [0.717, 1.165) is 59.8 Å². The first-order valence-electron chi connectivity index (χ1n) is 9.98. The van der Waals surface area contributed by atoms with Crippen LogP contribution in [0.4, 0.5) is 5.82 Å². The van der Waals surface area contributed by atoms with Crippen molar-refractivity contribution in [3.05, 3.63) is 83.7 Å². The summed E-state index contributed by atoms with van der Waals surface area (Å²) >= 11 is 0. The Balaban J connectivity index is 1.71. The predicted octanol–water partition coefficient (Wildman–Crippen LogP) is 5.31. The van der Waals surface area contributed by atoms with Crippen molar-refractivity contribution in [1.29, 1.82) is 0 Å². The second kappa shape index (κ2) is 8.26. The molecule has 0 radical (unpaired) electrons. The molecule has 0 amide bonds. The van der Waals surface area contributed by atoms with E-state index in [0.29, 0.717) is 0 Å². The minimum absolute atomic E-state index is 0.855. The topological polar surface area (TPSA) is 42.2 Å². The molecule has 4 heteroatoms. The van der Waals surface area contributed by atoms with Gasteiger partial charge in [-0.25, -0.2) is 4.98 Å². The maximum Gasteiger partial charge on any atom is 0.165 e. The number of aromatic nitrogens is 3. The molecule has 142 valence electrons. The highest BCUT2D eigenvalue weighted by Crippen LogP contribution is 2.29. The van der Waals surface area contributed by atoms with Gasteiger partial charge in [-0.05, 0) is 30.9 Å². The number of nitrogens with one attached hydrogen (secondary N) is 1. The molecule has 2 heterocycles. The summed E-state index contributed by atoms with van der Waals surface area (Å²) in [4.78, 5) is 4.95. The molecule has 1 N–H and O–H groups in total. The summed E-state index contributed by atoms with van der Waals surface area (Å²) in [5.41, 5.74) is 6.64. The number of hydrogen-bond acceptors (Lipinski definition) is 3. The van der Waals surface area contributed by atoms with Crippen LogP contribution in [0.25, 0.3) is 16.8 Å². The minimum Gasteiger partial charge on any atom is -0.370 e. The van der Waals surface area contributed by atoms with E-state index in [-0.39, 0.29) is 0 Å². The van der Waals surface area contributed by atoms with Crippen LogP contribution < -0.4 is 5.32 Å². The zero-order chi connectivity index (χ0) is 19.3. The molecular weight excluding hydrogens is 344 g/mol. The smallest absolute Gasteiger partial charge is 0.165 e. The monoisotopic (exact) mass is 370 g/mol. The molecule has 4 nitrogen and oxygen atoms in total. The first kappa shape index (κ1) is 18.2. The predicted molar refractivity (Wildman–Crippen MR) is 116 cm³/mol. The largest absolute Gasteiger partial charge is 0.370 e. The van der Waals surface area contributed by atoms with Crippen molar-refractivity contribution in [3.63, 3.8) is 0 Å². The molecule has 0 aliphatic carbocycles. The molecule has 0 saturated heterocycles. The Labute approximate surface area is 166 Å². The van der Waals surface area contributed by atoms with Gasteiger partial charge < -0.3 is 5.32 Å². The van der Waals surface area contributed by atoms with Crippen molar-refractivity contribution in [2.24, 2.45) is 0 Å². The molecule has 0 fully saturated rings. The average molecular weight is 371 g/mol. The molecular formula is C24H26N4. The van der Waals surface area contributed by atoms with Crippen molar-refractivity contribution in [1.82, 2.24) is 14.6 Å². The first-order valence-corrected chi connectivity index (χ1v) is 9.98. The SMILES string of the molecule is CCCc1cc(NCCc2ccccc2)n2nc(C)c(-c3ccccc3)c2n1. The van der Waals surface area contributed by atoms with Gasteiger partial charge in [0.2, 0.25) is 0 Å². The van der Waals surface area contributed by atoms with E-state index < -0.39 is 0 Å². The van der Waals surface area contributed by atoms with Crippen molar-refractivity contribution < 1.29 is 0 Å². The van der Waals surface area contributed by atoms with Crippen LogP contribution in [0, 0.1) is 6.92 Å². The van der Waals surface area contributed by atoms with Crippen LogP contribution in [0.3, 0.4) is 0 Å². The maximum atomic E-state index is 4.95. The lowest BCUT2D eigenvalue weighted by Gasteiger charge is -2.11. The van der Waals surface area contributed by atoms with Gasteiger partial charge in [-0.2, -0.15) is 9.61 Å². The van der Waals surface area contributed by atoms with Gasteiger partial charge in [-0.1, -0.05) is 74.0 Å². The fraction of sp³-hybridized carbons (Fsp3) is 0.250. The molecule has 0 aliphatic heterocycles. The number of anilines is 1.